The number of piperidine rings is 1. The lowest BCUT2D eigenvalue weighted by molar-refractivity contribution is -0.169. The summed E-state index contributed by atoms with van der Waals surface area (Å²) in [5, 5.41) is 4.15. The molecular weight excluding hydrogens is 344 g/mol. The third-order valence-electron chi connectivity index (χ3n) is 6.00. The summed E-state index contributed by atoms with van der Waals surface area (Å²) in [6.45, 7) is 5.44. The lowest BCUT2D eigenvalue weighted by atomic mass is 9.52. The second-order valence-corrected chi connectivity index (χ2v) is 8.74. The first kappa shape index (κ1) is 17.6. The van der Waals surface area contributed by atoms with Crippen LogP contribution in [0.5, 0.6) is 5.75 Å². The Kier molecular flexibility index (Phi) is 3.67. The van der Waals surface area contributed by atoms with Crippen molar-refractivity contribution in [3.63, 3.8) is 0 Å². The van der Waals surface area contributed by atoms with E-state index in [4.69, 9.17) is 4.74 Å². The summed E-state index contributed by atoms with van der Waals surface area (Å²) in [6.07, 6.45) is 4.51. The molecule has 2 heterocycles. The Labute approximate surface area is 157 Å². The van der Waals surface area contributed by atoms with Gasteiger partial charge in [0.1, 0.15) is 5.75 Å². The van der Waals surface area contributed by atoms with E-state index >= 15 is 0 Å². The minimum atomic E-state index is -0.926. The molecule has 2 fully saturated rings. The van der Waals surface area contributed by atoms with Crippen molar-refractivity contribution >= 4 is 28.6 Å². The highest BCUT2D eigenvalue weighted by atomic mass is 16.5. The summed E-state index contributed by atoms with van der Waals surface area (Å²) in [7, 11) is 0. The molecule has 6 heteroatoms. The number of imide groups is 1. The smallest absolute Gasteiger partial charge is 0.317 e. The average Bonchev–Trinajstić information content (AvgIpc) is 2.60. The molecule has 0 spiro atoms. The summed E-state index contributed by atoms with van der Waals surface area (Å²) in [4.78, 5) is 42.1. The lowest BCUT2D eigenvalue weighted by Crippen LogP contribution is -2.63. The van der Waals surface area contributed by atoms with Gasteiger partial charge in [-0.2, -0.15) is 0 Å². The third kappa shape index (κ3) is 2.71. The summed E-state index contributed by atoms with van der Waals surface area (Å²) >= 11 is 0. The zero-order valence-corrected chi connectivity index (χ0v) is 15.7. The molecule has 1 saturated heterocycles. The molecule has 1 N–H and O–H groups in total. The molecule has 1 aliphatic heterocycles. The number of nitrogens with zero attached hydrogens (tertiary/aromatic N) is 1. The summed E-state index contributed by atoms with van der Waals surface area (Å²) in [6, 6.07) is 7.26. The van der Waals surface area contributed by atoms with Crippen LogP contribution in [0.15, 0.2) is 36.7 Å². The van der Waals surface area contributed by atoms with Crippen molar-refractivity contribution in [2.24, 2.45) is 16.2 Å². The van der Waals surface area contributed by atoms with Crippen LogP contribution < -0.4 is 10.1 Å². The third-order valence-corrected chi connectivity index (χ3v) is 6.00. The van der Waals surface area contributed by atoms with Crippen molar-refractivity contribution in [2.75, 3.05) is 0 Å². The highest BCUT2D eigenvalue weighted by molar-refractivity contribution is 6.04. The topological polar surface area (TPSA) is 85.4 Å². The highest BCUT2D eigenvalue weighted by Gasteiger charge is 2.61. The van der Waals surface area contributed by atoms with Crippen LogP contribution in [0.1, 0.15) is 40.0 Å². The van der Waals surface area contributed by atoms with Gasteiger partial charge in [-0.15, -0.1) is 0 Å². The quantitative estimate of drug-likeness (QED) is 0.502. The lowest BCUT2D eigenvalue weighted by Gasteiger charge is -2.52. The molecule has 1 aromatic heterocycles. The minimum absolute atomic E-state index is 0.306. The van der Waals surface area contributed by atoms with Crippen molar-refractivity contribution in [2.45, 2.75) is 40.0 Å². The van der Waals surface area contributed by atoms with Gasteiger partial charge in [0.2, 0.25) is 11.8 Å². The molecule has 2 bridgehead atoms. The molecule has 1 unspecified atom stereocenters. The molecule has 6 nitrogen and oxygen atoms in total. The standard InChI is InChI=1S/C21H22N2O4/c1-19-10-20(2,17(25)23-16(19)24)12-21(3,11-19)18(26)27-15-6-4-5-13-9-22-8-7-14(13)15/h4-9H,10-12H2,1-3H3,(H,23,24,25)/t19-,20+,21?. The van der Waals surface area contributed by atoms with Gasteiger partial charge in [-0.1, -0.05) is 26.0 Å². The number of hydrogen-bond acceptors (Lipinski definition) is 5. The molecule has 1 aromatic carbocycles. The van der Waals surface area contributed by atoms with Crippen LogP contribution >= 0.6 is 0 Å². The number of hydrogen-bond donors (Lipinski definition) is 1. The molecule has 2 aromatic rings. The van der Waals surface area contributed by atoms with Crippen LogP contribution in [0.2, 0.25) is 0 Å². The maximum atomic E-state index is 13.2. The number of benzene rings is 1. The van der Waals surface area contributed by atoms with Gasteiger partial charge in [0, 0.05) is 34.0 Å². The van der Waals surface area contributed by atoms with E-state index < -0.39 is 22.2 Å². The molecule has 0 radical (unpaired) electrons. The number of amides is 2. The first-order valence-corrected chi connectivity index (χ1v) is 9.06. The molecule has 140 valence electrons. The fourth-order valence-corrected chi connectivity index (χ4v) is 5.05. The maximum absolute atomic E-state index is 13.2. The monoisotopic (exact) mass is 366 g/mol. The van der Waals surface area contributed by atoms with Crippen LogP contribution in [0.25, 0.3) is 10.8 Å². The Balaban J connectivity index is 1.68. The van der Waals surface area contributed by atoms with Crippen molar-refractivity contribution in [3.05, 3.63) is 36.7 Å². The predicted molar refractivity (Wildman–Crippen MR) is 98.7 cm³/mol. The van der Waals surface area contributed by atoms with Gasteiger partial charge in [-0.05, 0) is 38.3 Å². The number of carbonyl (C=O) groups excluding carboxylic acids is 3. The van der Waals surface area contributed by atoms with Gasteiger partial charge in [0.25, 0.3) is 0 Å². The first-order valence-electron chi connectivity index (χ1n) is 9.06. The van der Waals surface area contributed by atoms with Gasteiger partial charge >= 0.3 is 5.97 Å². The SMILES string of the molecule is CC1(C(=O)Oc2cccc3cnccc23)C[C@@]2(C)C[C@@](C)(C1)C(=O)NC2=O. The van der Waals surface area contributed by atoms with Gasteiger partial charge in [0.05, 0.1) is 5.41 Å². The minimum Gasteiger partial charge on any atom is -0.425 e. The molecule has 2 aliphatic rings. The number of fused-ring (bicyclic) bond motifs is 3. The fourth-order valence-electron chi connectivity index (χ4n) is 5.05. The highest BCUT2D eigenvalue weighted by Crippen LogP contribution is 2.57. The summed E-state index contributed by atoms with van der Waals surface area (Å²) < 4.78 is 5.79. The normalized spacial score (nSPS) is 32.9. The summed E-state index contributed by atoms with van der Waals surface area (Å²) in [5.41, 5.74) is -2.46. The van der Waals surface area contributed by atoms with E-state index in [2.05, 4.69) is 10.3 Å². The average molecular weight is 366 g/mol. The van der Waals surface area contributed by atoms with E-state index in [0.717, 1.165) is 10.8 Å². The number of aromatic nitrogens is 1. The van der Waals surface area contributed by atoms with Gasteiger partial charge in [0.15, 0.2) is 0 Å². The van der Waals surface area contributed by atoms with Crippen LogP contribution in [0.3, 0.4) is 0 Å². The van der Waals surface area contributed by atoms with Crippen molar-refractivity contribution < 1.29 is 19.1 Å². The number of rotatable bonds is 2. The molecule has 1 aliphatic carbocycles. The van der Waals surface area contributed by atoms with E-state index in [1.165, 1.54) is 0 Å². The Morgan fingerprint density at radius 1 is 1.04 bits per heavy atom. The Morgan fingerprint density at radius 3 is 2.37 bits per heavy atom. The van der Waals surface area contributed by atoms with Crippen molar-refractivity contribution in [1.82, 2.24) is 10.3 Å². The molecule has 27 heavy (non-hydrogen) atoms. The van der Waals surface area contributed by atoms with Crippen LogP contribution in [0, 0.1) is 16.2 Å². The van der Waals surface area contributed by atoms with E-state index in [0.29, 0.717) is 25.0 Å². The van der Waals surface area contributed by atoms with Gasteiger partial charge < -0.3 is 4.74 Å². The van der Waals surface area contributed by atoms with E-state index in [1.54, 1.807) is 31.5 Å². The van der Waals surface area contributed by atoms with E-state index in [9.17, 15) is 14.4 Å². The number of esters is 1. The van der Waals surface area contributed by atoms with E-state index in [-0.39, 0.29) is 11.8 Å². The van der Waals surface area contributed by atoms with Crippen molar-refractivity contribution in [3.8, 4) is 5.75 Å². The Bertz CT molecular complexity index is 952. The summed E-state index contributed by atoms with van der Waals surface area (Å²) in [5.74, 6) is -0.561. The zero-order valence-electron chi connectivity index (χ0n) is 15.7. The largest absolute Gasteiger partial charge is 0.425 e. The van der Waals surface area contributed by atoms with Crippen LogP contribution in [-0.4, -0.2) is 22.8 Å². The maximum Gasteiger partial charge on any atom is 0.317 e. The number of pyridine rings is 1. The second kappa shape index (κ2) is 5.62. The molecular formula is C21H22N2O4. The Morgan fingerprint density at radius 2 is 1.70 bits per heavy atom. The molecule has 1 saturated carbocycles. The Hall–Kier alpha value is -2.76. The predicted octanol–water partition coefficient (Wildman–Crippen LogP) is 3.00. The van der Waals surface area contributed by atoms with Gasteiger partial charge in [-0.25, -0.2) is 0 Å². The number of carbonyl (C=O) groups is 3. The van der Waals surface area contributed by atoms with Gasteiger partial charge in [-0.3, -0.25) is 24.7 Å². The zero-order chi connectivity index (χ0) is 19.4. The van der Waals surface area contributed by atoms with Crippen LogP contribution in [0.4, 0.5) is 0 Å². The fraction of sp³-hybridized carbons (Fsp3) is 0.429. The molecule has 4 rings (SSSR count). The number of nitrogens with one attached hydrogen (secondary N) is 1. The number of ether oxygens (including phenoxy) is 1. The van der Waals surface area contributed by atoms with Crippen LogP contribution in [-0.2, 0) is 14.4 Å². The van der Waals surface area contributed by atoms with Crippen molar-refractivity contribution in [1.29, 1.82) is 0 Å². The second-order valence-electron chi connectivity index (χ2n) is 8.74. The van der Waals surface area contributed by atoms with E-state index in [1.807, 2.05) is 26.0 Å². The molecule has 2 amide bonds. The molecule has 3 atom stereocenters. The first-order chi connectivity index (χ1) is 12.7.